The highest BCUT2D eigenvalue weighted by molar-refractivity contribution is 5.81. The lowest BCUT2D eigenvalue weighted by atomic mass is 10.0. The number of hydrogen-bond donors (Lipinski definition) is 2. The van der Waals surface area contributed by atoms with Crippen LogP contribution in [0.25, 0.3) is 10.9 Å². The van der Waals surface area contributed by atoms with E-state index in [0.717, 1.165) is 61.2 Å². The van der Waals surface area contributed by atoms with E-state index in [1.165, 1.54) is 24.4 Å². The first-order valence-corrected chi connectivity index (χ1v) is 11.0. The summed E-state index contributed by atoms with van der Waals surface area (Å²) in [6.07, 6.45) is -1.09. The second-order valence-electron chi connectivity index (χ2n) is 8.26. The van der Waals surface area contributed by atoms with Crippen LogP contribution in [0.4, 0.5) is 19.1 Å². The molecule has 34 heavy (non-hydrogen) atoms. The van der Waals surface area contributed by atoms with E-state index in [9.17, 15) is 13.2 Å². The number of piperidine rings is 1. The van der Waals surface area contributed by atoms with Gasteiger partial charge in [-0.3, -0.25) is 10.00 Å². The Hall–Kier alpha value is -3.66. The predicted molar refractivity (Wildman–Crippen MR) is 122 cm³/mol. The second kappa shape index (κ2) is 9.30. The number of alkyl halides is 3. The number of para-hydroxylation sites is 1. The van der Waals surface area contributed by atoms with Crippen LogP contribution in [-0.4, -0.2) is 44.2 Å². The van der Waals surface area contributed by atoms with Crippen LogP contribution in [0.2, 0.25) is 0 Å². The van der Waals surface area contributed by atoms with Gasteiger partial charge in [-0.2, -0.15) is 23.3 Å². The van der Waals surface area contributed by atoms with Crippen LogP contribution < -0.4 is 10.1 Å². The van der Waals surface area contributed by atoms with Crippen molar-refractivity contribution in [3.05, 3.63) is 72.1 Å². The molecular weight excluding hydrogens is 445 g/mol. The first kappa shape index (κ1) is 22.1. The van der Waals surface area contributed by atoms with Crippen molar-refractivity contribution < 1.29 is 17.9 Å². The zero-order chi connectivity index (χ0) is 23.5. The molecule has 0 saturated carbocycles. The number of nitrogens with one attached hydrogen (secondary N) is 2. The van der Waals surface area contributed by atoms with Crippen molar-refractivity contribution in [2.24, 2.45) is 0 Å². The molecule has 1 aliphatic heterocycles. The molecule has 1 saturated heterocycles. The van der Waals surface area contributed by atoms with Gasteiger partial charge < -0.3 is 10.1 Å². The number of aromatic nitrogens is 4. The van der Waals surface area contributed by atoms with Gasteiger partial charge in [0.2, 0.25) is 11.8 Å². The number of aromatic amines is 1. The van der Waals surface area contributed by atoms with Crippen LogP contribution in [-0.2, 0) is 12.7 Å². The fourth-order valence-corrected chi connectivity index (χ4v) is 4.10. The highest BCUT2D eigenvalue weighted by atomic mass is 19.4. The Morgan fingerprint density at radius 2 is 1.88 bits per heavy atom. The van der Waals surface area contributed by atoms with Crippen molar-refractivity contribution in [3.63, 3.8) is 0 Å². The lowest BCUT2D eigenvalue weighted by molar-refractivity contribution is -0.137. The molecule has 0 atom stereocenters. The fraction of sp³-hybridized carbons (Fsp3) is 0.292. The zero-order valence-electron chi connectivity index (χ0n) is 18.2. The van der Waals surface area contributed by atoms with Crippen molar-refractivity contribution in [2.75, 3.05) is 18.4 Å². The molecule has 0 spiro atoms. The van der Waals surface area contributed by atoms with Gasteiger partial charge in [-0.25, -0.2) is 4.98 Å². The maximum Gasteiger partial charge on any atom is 0.416 e. The maximum absolute atomic E-state index is 12.9. The average molecular weight is 468 g/mol. The molecule has 4 aromatic rings. The number of ether oxygens (including phenoxy) is 1. The van der Waals surface area contributed by atoms with Gasteiger partial charge in [-0.15, -0.1) is 0 Å². The molecule has 2 N–H and O–H groups in total. The van der Waals surface area contributed by atoms with E-state index in [1.54, 1.807) is 0 Å². The molecule has 1 fully saturated rings. The van der Waals surface area contributed by atoms with Crippen LogP contribution in [0.1, 0.15) is 24.1 Å². The van der Waals surface area contributed by atoms with E-state index >= 15 is 0 Å². The van der Waals surface area contributed by atoms with Gasteiger partial charge in [0.15, 0.2) is 0 Å². The third-order valence-electron chi connectivity index (χ3n) is 5.86. The SMILES string of the molecule is FC(F)(F)c1cccc(Oc2ccnc(NC3CCN(Cc4[nH]nc5ccccc45)CC3)n2)c1. The molecule has 0 bridgehead atoms. The fourth-order valence-electron chi connectivity index (χ4n) is 4.10. The van der Waals surface area contributed by atoms with Gasteiger partial charge in [0.25, 0.3) is 0 Å². The smallest absolute Gasteiger partial charge is 0.416 e. The average Bonchev–Trinajstić information content (AvgIpc) is 3.23. The Morgan fingerprint density at radius 1 is 1.06 bits per heavy atom. The lowest BCUT2D eigenvalue weighted by Crippen LogP contribution is -2.39. The Balaban J connectivity index is 1.17. The molecule has 0 radical (unpaired) electrons. The molecule has 1 aliphatic rings. The van der Waals surface area contributed by atoms with Gasteiger partial charge in [0, 0.05) is 43.3 Å². The number of rotatable bonds is 6. The van der Waals surface area contributed by atoms with Gasteiger partial charge in [0.05, 0.1) is 16.8 Å². The summed E-state index contributed by atoms with van der Waals surface area (Å²) >= 11 is 0. The largest absolute Gasteiger partial charge is 0.439 e. The van der Waals surface area contributed by atoms with Crippen LogP contribution in [0, 0.1) is 0 Å². The van der Waals surface area contributed by atoms with E-state index < -0.39 is 11.7 Å². The number of benzene rings is 2. The van der Waals surface area contributed by atoms with Gasteiger partial charge in [-0.1, -0.05) is 24.3 Å². The van der Waals surface area contributed by atoms with Crippen molar-refractivity contribution >= 4 is 16.9 Å². The minimum Gasteiger partial charge on any atom is -0.439 e. The van der Waals surface area contributed by atoms with E-state index in [2.05, 4.69) is 36.4 Å². The Morgan fingerprint density at radius 3 is 2.71 bits per heavy atom. The standard InChI is InChI=1S/C24H23F3N6O/c25-24(26,27)16-4-3-5-18(14-16)34-22-8-11-28-23(30-22)29-17-9-12-33(13-10-17)15-21-19-6-1-2-7-20(19)31-32-21/h1-8,11,14,17H,9-10,12-13,15H2,(H,31,32)(H,28,29,30). The third kappa shape index (κ3) is 5.12. The first-order chi connectivity index (χ1) is 16.4. The summed E-state index contributed by atoms with van der Waals surface area (Å²) in [5.74, 6) is 0.641. The van der Waals surface area contributed by atoms with E-state index in [4.69, 9.17) is 4.74 Å². The molecule has 0 amide bonds. The van der Waals surface area contributed by atoms with Gasteiger partial charge in [-0.05, 0) is 37.1 Å². The van der Waals surface area contributed by atoms with Crippen molar-refractivity contribution in [3.8, 4) is 11.6 Å². The number of H-pyrrole nitrogens is 1. The molecular formula is C24H23F3N6O. The summed E-state index contributed by atoms with van der Waals surface area (Å²) in [5.41, 5.74) is 1.32. The molecule has 10 heteroatoms. The van der Waals surface area contributed by atoms with Crippen molar-refractivity contribution in [2.45, 2.75) is 31.6 Å². The van der Waals surface area contributed by atoms with Crippen LogP contribution in [0.5, 0.6) is 11.6 Å². The first-order valence-electron chi connectivity index (χ1n) is 11.0. The Kier molecular flexibility index (Phi) is 6.06. The highest BCUT2D eigenvalue weighted by Crippen LogP contribution is 2.32. The van der Waals surface area contributed by atoms with E-state index in [1.807, 2.05) is 18.2 Å². The van der Waals surface area contributed by atoms with E-state index in [-0.39, 0.29) is 17.7 Å². The van der Waals surface area contributed by atoms with Gasteiger partial charge >= 0.3 is 6.18 Å². The second-order valence-corrected chi connectivity index (χ2v) is 8.26. The topological polar surface area (TPSA) is 79.0 Å². The van der Waals surface area contributed by atoms with Crippen molar-refractivity contribution in [1.82, 2.24) is 25.1 Å². The van der Waals surface area contributed by atoms with Crippen LogP contribution in [0.15, 0.2) is 60.8 Å². The molecule has 5 rings (SSSR count). The number of nitrogens with zero attached hydrogens (tertiary/aromatic N) is 4. The molecule has 2 aromatic heterocycles. The molecule has 176 valence electrons. The Bertz CT molecular complexity index is 1270. The lowest BCUT2D eigenvalue weighted by Gasteiger charge is -2.32. The number of anilines is 1. The summed E-state index contributed by atoms with van der Waals surface area (Å²) in [6.45, 7) is 2.63. The van der Waals surface area contributed by atoms with Gasteiger partial charge in [0.1, 0.15) is 5.75 Å². The van der Waals surface area contributed by atoms with E-state index in [0.29, 0.717) is 5.95 Å². The van der Waals surface area contributed by atoms with Crippen molar-refractivity contribution in [1.29, 1.82) is 0 Å². The quantitative estimate of drug-likeness (QED) is 0.403. The molecule has 0 unspecified atom stereocenters. The summed E-state index contributed by atoms with van der Waals surface area (Å²) < 4.78 is 44.3. The normalized spacial score (nSPS) is 15.5. The molecule has 2 aromatic carbocycles. The highest BCUT2D eigenvalue weighted by Gasteiger charge is 2.30. The number of hydrogen-bond acceptors (Lipinski definition) is 6. The Labute approximate surface area is 194 Å². The molecule has 3 heterocycles. The summed E-state index contributed by atoms with van der Waals surface area (Å²) in [5, 5.41) is 12.0. The summed E-state index contributed by atoms with van der Waals surface area (Å²) in [6, 6.07) is 14.5. The predicted octanol–water partition coefficient (Wildman–Crippen LogP) is 5.24. The number of halogens is 3. The minimum atomic E-state index is -4.43. The van der Waals surface area contributed by atoms with Crippen LogP contribution in [0.3, 0.4) is 0 Å². The number of fused-ring (bicyclic) bond motifs is 1. The number of likely N-dealkylation sites (tertiary alicyclic amines) is 1. The van der Waals surface area contributed by atoms with Crippen LogP contribution >= 0.6 is 0 Å². The maximum atomic E-state index is 12.9. The monoisotopic (exact) mass is 468 g/mol. The zero-order valence-corrected chi connectivity index (χ0v) is 18.2. The molecule has 0 aliphatic carbocycles. The summed E-state index contributed by atoms with van der Waals surface area (Å²) in [4.78, 5) is 10.9. The minimum absolute atomic E-state index is 0.0686. The third-order valence-corrected chi connectivity index (χ3v) is 5.86. The molecule has 7 nitrogen and oxygen atoms in total. The summed E-state index contributed by atoms with van der Waals surface area (Å²) in [7, 11) is 0.